The highest BCUT2D eigenvalue weighted by Crippen LogP contribution is 1.91. The number of hydrogen-bond donors (Lipinski definition) is 2. The largest absolute Gasteiger partial charge is 0.344 e. The van der Waals surface area contributed by atoms with Crippen molar-refractivity contribution in [2.24, 2.45) is 0 Å². The van der Waals surface area contributed by atoms with E-state index in [1.165, 1.54) is 11.8 Å². The van der Waals surface area contributed by atoms with E-state index in [0.717, 1.165) is 0 Å². The first-order chi connectivity index (χ1) is 7.93. The summed E-state index contributed by atoms with van der Waals surface area (Å²) in [6, 6.07) is 0.892. The SMILES string of the molecule is CCN(C)C(=O)C(C)NC(=O)C(=O)NCC#N. The molecule has 17 heavy (non-hydrogen) atoms. The van der Waals surface area contributed by atoms with Crippen LogP contribution in [0.15, 0.2) is 0 Å². The highest BCUT2D eigenvalue weighted by atomic mass is 16.2. The molecule has 1 unspecified atom stereocenters. The summed E-state index contributed by atoms with van der Waals surface area (Å²) in [7, 11) is 1.60. The average molecular weight is 240 g/mol. The molecule has 0 aliphatic rings. The van der Waals surface area contributed by atoms with E-state index in [9.17, 15) is 14.4 Å². The van der Waals surface area contributed by atoms with Gasteiger partial charge in [0.2, 0.25) is 5.91 Å². The minimum atomic E-state index is -0.926. The predicted molar refractivity (Wildman–Crippen MR) is 59.5 cm³/mol. The third kappa shape index (κ3) is 4.97. The number of nitriles is 1. The molecule has 0 saturated carbocycles. The van der Waals surface area contributed by atoms with Crippen molar-refractivity contribution in [1.29, 1.82) is 5.26 Å². The van der Waals surface area contributed by atoms with Crippen molar-refractivity contribution in [3.8, 4) is 6.07 Å². The zero-order valence-corrected chi connectivity index (χ0v) is 10.1. The van der Waals surface area contributed by atoms with Gasteiger partial charge in [-0.25, -0.2) is 0 Å². The van der Waals surface area contributed by atoms with Crippen molar-refractivity contribution in [2.75, 3.05) is 20.1 Å². The molecule has 0 fully saturated rings. The van der Waals surface area contributed by atoms with Crippen LogP contribution in [0, 0.1) is 11.3 Å². The lowest BCUT2D eigenvalue weighted by Crippen LogP contribution is -2.50. The minimum Gasteiger partial charge on any atom is -0.344 e. The molecule has 0 aromatic heterocycles. The predicted octanol–water partition coefficient (Wildman–Crippen LogP) is -1.39. The lowest BCUT2D eigenvalue weighted by Gasteiger charge is -2.20. The monoisotopic (exact) mass is 240 g/mol. The molecule has 0 spiro atoms. The third-order valence-corrected chi connectivity index (χ3v) is 2.10. The topological polar surface area (TPSA) is 102 Å². The first kappa shape index (κ1) is 14.9. The Morgan fingerprint density at radius 3 is 2.41 bits per heavy atom. The molecule has 0 aliphatic heterocycles. The smallest absolute Gasteiger partial charge is 0.310 e. The van der Waals surface area contributed by atoms with Gasteiger partial charge >= 0.3 is 11.8 Å². The summed E-state index contributed by atoms with van der Waals surface area (Å²) in [6.07, 6.45) is 0. The second-order valence-electron chi connectivity index (χ2n) is 3.39. The molecule has 0 rings (SSSR count). The maximum absolute atomic E-state index is 11.6. The Hall–Kier alpha value is -2.10. The highest BCUT2D eigenvalue weighted by Gasteiger charge is 2.21. The van der Waals surface area contributed by atoms with Gasteiger partial charge < -0.3 is 15.5 Å². The number of nitrogens with one attached hydrogen (secondary N) is 2. The normalized spacial score (nSPS) is 10.9. The molecular formula is C10H16N4O3. The van der Waals surface area contributed by atoms with Crippen molar-refractivity contribution < 1.29 is 14.4 Å². The Morgan fingerprint density at radius 1 is 1.35 bits per heavy atom. The van der Waals surface area contributed by atoms with E-state index in [0.29, 0.717) is 6.54 Å². The van der Waals surface area contributed by atoms with Gasteiger partial charge in [-0.05, 0) is 13.8 Å². The number of amides is 3. The average Bonchev–Trinajstić information content (AvgIpc) is 2.33. The third-order valence-electron chi connectivity index (χ3n) is 2.10. The van der Waals surface area contributed by atoms with Crippen molar-refractivity contribution in [3.63, 3.8) is 0 Å². The van der Waals surface area contributed by atoms with Gasteiger partial charge in [-0.1, -0.05) is 0 Å². The van der Waals surface area contributed by atoms with E-state index < -0.39 is 17.9 Å². The van der Waals surface area contributed by atoms with Gasteiger partial charge in [0.25, 0.3) is 0 Å². The molecule has 0 aliphatic carbocycles. The molecule has 0 radical (unpaired) electrons. The van der Waals surface area contributed by atoms with E-state index in [1.807, 2.05) is 0 Å². The highest BCUT2D eigenvalue weighted by molar-refractivity contribution is 6.35. The quantitative estimate of drug-likeness (QED) is 0.466. The fourth-order valence-corrected chi connectivity index (χ4v) is 1.01. The van der Waals surface area contributed by atoms with Gasteiger partial charge in [-0.15, -0.1) is 0 Å². The molecule has 2 N–H and O–H groups in total. The fraction of sp³-hybridized carbons (Fsp3) is 0.600. The number of carbonyl (C=O) groups excluding carboxylic acids is 3. The van der Waals surface area contributed by atoms with E-state index in [-0.39, 0.29) is 12.5 Å². The van der Waals surface area contributed by atoms with Gasteiger partial charge in [0.15, 0.2) is 0 Å². The van der Waals surface area contributed by atoms with E-state index in [1.54, 1.807) is 20.0 Å². The van der Waals surface area contributed by atoms with Gasteiger partial charge in [-0.2, -0.15) is 5.26 Å². The molecule has 1 atom stereocenters. The van der Waals surface area contributed by atoms with Crippen LogP contribution in [-0.4, -0.2) is 48.8 Å². The van der Waals surface area contributed by atoms with E-state index in [2.05, 4.69) is 10.6 Å². The molecular weight excluding hydrogens is 224 g/mol. The summed E-state index contributed by atoms with van der Waals surface area (Å²) in [4.78, 5) is 35.4. The molecule has 7 heteroatoms. The van der Waals surface area contributed by atoms with Gasteiger partial charge in [0.1, 0.15) is 12.6 Å². The first-order valence-corrected chi connectivity index (χ1v) is 5.14. The summed E-state index contributed by atoms with van der Waals surface area (Å²) in [5.74, 6) is -2.13. The first-order valence-electron chi connectivity index (χ1n) is 5.14. The second kappa shape index (κ2) is 7.22. The summed E-state index contributed by atoms with van der Waals surface area (Å²) in [6.45, 7) is 3.55. The number of nitrogens with zero attached hydrogens (tertiary/aromatic N) is 2. The summed E-state index contributed by atoms with van der Waals surface area (Å²) in [5, 5.41) is 12.5. The van der Waals surface area contributed by atoms with Crippen LogP contribution in [0.3, 0.4) is 0 Å². The second-order valence-corrected chi connectivity index (χ2v) is 3.39. The standard InChI is InChI=1S/C10H16N4O3/c1-4-14(3)10(17)7(2)13-9(16)8(15)12-6-5-11/h7H,4,6H2,1-3H3,(H,12,15)(H,13,16). The van der Waals surface area contributed by atoms with Crippen LogP contribution in [0.1, 0.15) is 13.8 Å². The molecule has 0 aromatic carbocycles. The Morgan fingerprint density at radius 2 is 1.94 bits per heavy atom. The number of carbonyl (C=O) groups is 3. The van der Waals surface area contributed by atoms with E-state index in [4.69, 9.17) is 5.26 Å². The zero-order chi connectivity index (χ0) is 13.4. The van der Waals surface area contributed by atoms with Crippen LogP contribution < -0.4 is 10.6 Å². The van der Waals surface area contributed by atoms with Crippen molar-refractivity contribution >= 4 is 17.7 Å². The molecule has 0 saturated heterocycles. The summed E-state index contributed by atoms with van der Waals surface area (Å²) in [5.41, 5.74) is 0. The van der Waals surface area contributed by atoms with Crippen molar-refractivity contribution in [2.45, 2.75) is 19.9 Å². The van der Waals surface area contributed by atoms with Gasteiger partial charge in [0.05, 0.1) is 6.07 Å². The number of likely N-dealkylation sites (N-methyl/N-ethyl adjacent to an activating group) is 1. The van der Waals surface area contributed by atoms with Crippen molar-refractivity contribution in [1.82, 2.24) is 15.5 Å². The van der Waals surface area contributed by atoms with Crippen LogP contribution in [0.25, 0.3) is 0 Å². The van der Waals surface area contributed by atoms with Gasteiger partial charge in [0, 0.05) is 13.6 Å². The maximum atomic E-state index is 11.6. The maximum Gasteiger partial charge on any atom is 0.310 e. The lowest BCUT2D eigenvalue weighted by atomic mass is 10.3. The summed E-state index contributed by atoms with van der Waals surface area (Å²) < 4.78 is 0. The zero-order valence-electron chi connectivity index (χ0n) is 10.1. The van der Waals surface area contributed by atoms with Crippen LogP contribution in [-0.2, 0) is 14.4 Å². The fourth-order valence-electron chi connectivity index (χ4n) is 1.01. The van der Waals surface area contributed by atoms with Crippen LogP contribution in [0.2, 0.25) is 0 Å². The Kier molecular flexibility index (Phi) is 6.33. The minimum absolute atomic E-state index is 0.247. The molecule has 0 heterocycles. The van der Waals surface area contributed by atoms with Gasteiger partial charge in [-0.3, -0.25) is 14.4 Å². The lowest BCUT2D eigenvalue weighted by molar-refractivity contribution is -0.141. The van der Waals surface area contributed by atoms with Crippen molar-refractivity contribution in [3.05, 3.63) is 0 Å². The van der Waals surface area contributed by atoms with Crippen LogP contribution in [0.4, 0.5) is 0 Å². The molecule has 94 valence electrons. The van der Waals surface area contributed by atoms with Crippen LogP contribution >= 0.6 is 0 Å². The molecule has 0 aromatic rings. The Balaban J connectivity index is 4.25. The van der Waals surface area contributed by atoms with E-state index >= 15 is 0 Å². The Labute approximate surface area is 99.8 Å². The van der Waals surface area contributed by atoms with Crippen LogP contribution in [0.5, 0.6) is 0 Å². The number of rotatable bonds is 4. The molecule has 7 nitrogen and oxygen atoms in total. The Bertz CT molecular complexity index is 348. The number of hydrogen-bond acceptors (Lipinski definition) is 4. The molecule has 0 bridgehead atoms. The molecule has 3 amide bonds. The summed E-state index contributed by atoms with van der Waals surface area (Å²) >= 11 is 0.